The first-order valence-electron chi connectivity index (χ1n) is 2.59. The lowest BCUT2D eigenvalue weighted by Gasteiger charge is -1.98. The van der Waals surface area contributed by atoms with Crippen LogP contribution >= 0.6 is 0 Å². The van der Waals surface area contributed by atoms with Gasteiger partial charge in [-0.05, 0) is 12.1 Å². The van der Waals surface area contributed by atoms with Crippen LogP contribution in [0.5, 0.6) is 0 Å². The molecule has 0 fully saturated rings. The maximum Gasteiger partial charge on any atom is 0.123 e. The molecule has 0 aliphatic rings. The van der Waals surface area contributed by atoms with Crippen LogP contribution in [0.25, 0.3) is 0 Å². The number of nitrogens with one attached hydrogen (secondary N) is 1. The van der Waals surface area contributed by atoms with E-state index in [-0.39, 0.29) is 5.82 Å². The summed E-state index contributed by atoms with van der Waals surface area (Å²) in [6.45, 7) is 0. The average Bonchev–Trinajstić information content (AvgIpc) is 1.88. The molecule has 0 aliphatic carbocycles. The molecule has 1 aromatic rings. The molecule has 0 saturated carbocycles. The Kier molecular flexibility index (Phi) is 2.01. The fraction of sp³-hybridized carbons (Fsp3) is 0. The maximum absolute atomic E-state index is 12.2. The van der Waals surface area contributed by atoms with Gasteiger partial charge >= 0.3 is 0 Å². The Hall–Kier alpha value is -0.900. The van der Waals surface area contributed by atoms with Gasteiger partial charge in [-0.1, -0.05) is 17.0 Å². The van der Waals surface area contributed by atoms with Crippen molar-refractivity contribution in [1.82, 2.24) is 0 Å². The number of hydrogen-bond donors (Lipinski definition) is 1. The minimum atomic E-state index is -1.75. The summed E-state index contributed by atoms with van der Waals surface area (Å²) >= 11 is 0. The second-order valence-corrected chi connectivity index (χ2v) is 2.73. The molecule has 1 aromatic carbocycles. The van der Waals surface area contributed by atoms with Crippen LogP contribution in [0.4, 0.5) is 4.39 Å². The SMILES string of the molecule is N=[S-](=O)c1ccc(F)cc1. The van der Waals surface area contributed by atoms with Crippen LogP contribution in [-0.2, 0) is 14.8 Å². The number of hydrogen-bond acceptors (Lipinski definition) is 3. The molecule has 0 amide bonds. The quantitative estimate of drug-likeness (QED) is 0.623. The van der Waals surface area contributed by atoms with E-state index >= 15 is 0 Å². The number of benzene rings is 1. The van der Waals surface area contributed by atoms with Crippen LogP contribution < -0.4 is 0 Å². The molecule has 0 unspecified atom stereocenters. The van der Waals surface area contributed by atoms with Crippen molar-refractivity contribution in [2.45, 2.75) is 4.90 Å². The molecule has 0 radical (unpaired) electrons. The molecule has 10 heavy (non-hydrogen) atoms. The van der Waals surface area contributed by atoms with Crippen molar-refractivity contribution >= 4 is 10.6 Å². The molecule has 54 valence electrons. The summed E-state index contributed by atoms with van der Waals surface area (Å²) in [6.07, 6.45) is 0. The van der Waals surface area contributed by atoms with Crippen LogP contribution in [0.3, 0.4) is 0 Å². The Bertz CT molecular complexity index is 283. The fourth-order valence-electron chi connectivity index (χ4n) is 0.558. The minimum absolute atomic E-state index is 0.321. The largest absolute Gasteiger partial charge is 0.440 e. The standard InChI is InChI=1S/C6H5FNOS/c7-5-1-3-6(4-2-5)10(8)9/h1-4,8H/q-1. The smallest absolute Gasteiger partial charge is 0.123 e. The topological polar surface area (TPSA) is 40.9 Å². The van der Waals surface area contributed by atoms with Gasteiger partial charge in [0.2, 0.25) is 0 Å². The van der Waals surface area contributed by atoms with Gasteiger partial charge in [-0.2, -0.15) is 10.6 Å². The molecular formula is C6H5FNOS-. The van der Waals surface area contributed by atoms with Gasteiger partial charge in [-0.25, -0.2) is 4.39 Å². The first-order chi connectivity index (χ1) is 4.70. The predicted octanol–water partition coefficient (Wildman–Crippen LogP) is 1.91. The summed E-state index contributed by atoms with van der Waals surface area (Å²) in [7, 11) is -1.75. The molecule has 1 N–H and O–H groups in total. The molecule has 0 aliphatic heterocycles. The molecule has 2 nitrogen and oxygen atoms in total. The Morgan fingerprint density at radius 1 is 1.30 bits per heavy atom. The van der Waals surface area contributed by atoms with Gasteiger partial charge in [0.1, 0.15) is 5.82 Å². The van der Waals surface area contributed by atoms with Crippen LogP contribution in [0.2, 0.25) is 0 Å². The third-order valence-corrected chi connectivity index (χ3v) is 1.73. The highest BCUT2D eigenvalue weighted by molar-refractivity contribution is 7.73. The molecule has 0 heterocycles. The van der Waals surface area contributed by atoms with Crippen molar-refractivity contribution in [2.24, 2.45) is 0 Å². The second-order valence-electron chi connectivity index (χ2n) is 1.72. The van der Waals surface area contributed by atoms with E-state index in [4.69, 9.17) is 4.78 Å². The van der Waals surface area contributed by atoms with Crippen molar-refractivity contribution in [2.75, 3.05) is 0 Å². The Morgan fingerprint density at radius 2 is 1.80 bits per heavy atom. The van der Waals surface area contributed by atoms with Crippen LogP contribution in [0.1, 0.15) is 0 Å². The number of rotatable bonds is 1. The predicted molar refractivity (Wildman–Crippen MR) is 35.4 cm³/mol. The maximum atomic E-state index is 12.2. The zero-order valence-corrected chi connectivity index (χ0v) is 5.82. The molecule has 0 saturated heterocycles. The third kappa shape index (κ3) is 1.54. The minimum Gasteiger partial charge on any atom is -0.440 e. The van der Waals surface area contributed by atoms with Gasteiger partial charge in [0.15, 0.2) is 0 Å². The van der Waals surface area contributed by atoms with Crippen molar-refractivity contribution in [3.8, 4) is 0 Å². The lowest BCUT2D eigenvalue weighted by atomic mass is 10.4. The van der Waals surface area contributed by atoms with E-state index in [1.165, 1.54) is 24.3 Å². The molecule has 4 heteroatoms. The van der Waals surface area contributed by atoms with E-state index in [1.54, 1.807) is 0 Å². The molecule has 0 bridgehead atoms. The van der Waals surface area contributed by atoms with Crippen molar-refractivity contribution in [3.05, 3.63) is 30.1 Å². The van der Waals surface area contributed by atoms with Crippen molar-refractivity contribution < 1.29 is 8.60 Å². The summed E-state index contributed by atoms with van der Waals surface area (Å²) < 4.78 is 29.3. The monoisotopic (exact) mass is 158 g/mol. The van der Waals surface area contributed by atoms with Gasteiger partial charge in [-0.15, -0.1) is 0 Å². The highest BCUT2D eigenvalue weighted by Gasteiger charge is 1.84. The number of halogens is 1. The Balaban J connectivity index is 3.12. The van der Waals surface area contributed by atoms with Crippen molar-refractivity contribution in [3.63, 3.8) is 0 Å². The van der Waals surface area contributed by atoms with Gasteiger partial charge in [-0.3, -0.25) is 0 Å². The molecule has 0 atom stereocenters. The van der Waals surface area contributed by atoms with Gasteiger partial charge < -0.3 is 8.99 Å². The third-order valence-electron chi connectivity index (χ3n) is 1.03. The second kappa shape index (κ2) is 2.79. The lowest BCUT2D eigenvalue weighted by Crippen LogP contribution is -1.77. The Morgan fingerprint density at radius 3 is 2.20 bits per heavy atom. The lowest BCUT2D eigenvalue weighted by molar-refractivity contribution is 0.598. The highest BCUT2D eigenvalue weighted by atomic mass is 32.2. The first-order valence-corrected chi connectivity index (χ1v) is 3.74. The van der Waals surface area contributed by atoms with E-state index in [9.17, 15) is 8.60 Å². The highest BCUT2D eigenvalue weighted by Crippen LogP contribution is 2.03. The summed E-state index contributed by atoms with van der Waals surface area (Å²) in [6, 6.07) is 5.03. The van der Waals surface area contributed by atoms with E-state index in [1.807, 2.05) is 0 Å². The zero-order chi connectivity index (χ0) is 7.56. The average molecular weight is 158 g/mol. The van der Waals surface area contributed by atoms with Gasteiger partial charge in [0, 0.05) is 0 Å². The molecule has 0 aromatic heterocycles. The van der Waals surface area contributed by atoms with Crippen LogP contribution in [0, 0.1) is 10.6 Å². The first kappa shape index (κ1) is 7.21. The Labute approximate surface area is 59.7 Å². The normalized spacial score (nSPS) is 10.2. The van der Waals surface area contributed by atoms with Gasteiger partial charge in [0.05, 0.1) is 0 Å². The van der Waals surface area contributed by atoms with E-state index in [0.29, 0.717) is 4.90 Å². The molecular weight excluding hydrogens is 153 g/mol. The summed E-state index contributed by atoms with van der Waals surface area (Å²) in [5.41, 5.74) is 0. The van der Waals surface area contributed by atoms with E-state index in [0.717, 1.165) is 0 Å². The zero-order valence-electron chi connectivity index (χ0n) is 5.00. The fourth-order valence-corrected chi connectivity index (χ4v) is 0.941. The van der Waals surface area contributed by atoms with E-state index < -0.39 is 10.6 Å². The van der Waals surface area contributed by atoms with Crippen LogP contribution in [-0.4, -0.2) is 0 Å². The van der Waals surface area contributed by atoms with Crippen molar-refractivity contribution in [1.29, 1.82) is 4.78 Å². The summed E-state index contributed by atoms with van der Waals surface area (Å²) in [4.78, 5) is 0.321. The summed E-state index contributed by atoms with van der Waals surface area (Å²) in [5.74, 6) is -0.380. The summed E-state index contributed by atoms with van der Waals surface area (Å²) in [5, 5.41) is 0. The molecule has 1 rings (SSSR count). The van der Waals surface area contributed by atoms with Gasteiger partial charge in [0.25, 0.3) is 0 Å². The molecule has 0 spiro atoms. The van der Waals surface area contributed by atoms with E-state index in [2.05, 4.69) is 0 Å². The van der Waals surface area contributed by atoms with Crippen LogP contribution in [0.15, 0.2) is 29.2 Å².